The molecule has 0 atom stereocenters. The van der Waals surface area contributed by atoms with Crippen LogP contribution in [0.2, 0.25) is 0 Å². The maximum absolute atomic E-state index is 12.8. The second-order valence-corrected chi connectivity index (χ2v) is 7.19. The average molecular weight is 439 g/mol. The van der Waals surface area contributed by atoms with Crippen LogP contribution < -0.4 is 16.1 Å². The minimum Gasteiger partial charge on any atom is -0.378 e. The highest BCUT2D eigenvalue weighted by Gasteiger charge is 2.26. The van der Waals surface area contributed by atoms with E-state index in [9.17, 15) is 4.79 Å². The summed E-state index contributed by atoms with van der Waals surface area (Å²) >= 11 is 0. The van der Waals surface area contributed by atoms with Gasteiger partial charge in [-0.15, -0.1) is 5.10 Å². The van der Waals surface area contributed by atoms with Gasteiger partial charge in [0.05, 0.1) is 13.1 Å². The number of amides is 1. The Morgan fingerprint density at radius 3 is 2.62 bits per heavy atom. The van der Waals surface area contributed by atoms with Gasteiger partial charge in [0.15, 0.2) is 5.69 Å². The lowest BCUT2D eigenvalue weighted by Gasteiger charge is -2.18. The molecule has 0 aliphatic rings. The van der Waals surface area contributed by atoms with Crippen molar-refractivity contribution in [1.29, 1.82) is 0 Å². The van der Waals surface area contributed by atoms with Crippen molar-refractivity contribution < 1.29 is 14.3 Å². The Morgan fingerprint density at radius 1 is 1.22 bits per heavy atom. The summed E-state index contributed by atoms with van der Waals surface area (Å²) in [5.74, 6) is -0.203. The lowest BCUT2D eigenvalue weighted by molar-refractivity contribution is -0.914. The molecule has 0 saturated carbocycles. The van der Waals surface area contributed by atoms with Crippen molar-refractivity contribution in [3.05, 3.63) is 53.4 Å². The van der Waals surface area contributed by atoms with Gasteiger partial charge in [0.1, 0.15) is 12.2 Å². The van der Waals surface area contributed by atoms with Crippen molar-refractivity contribution in [2.24, 2.45) is 5.10 Å². The Bertz CT molecular complexity index is 1050. The molecular weight excluding hydrogens is 410 g/mol. The van der Waals surface area contributed by atoms with Crippen LogP contribution in [0.5, 0.6) is 0 Å². The number of carbonyl (C=O) groups excluding carboxylic acids is 1. The Balaban J connectivity index is 1.79. The summed E-state index contributed by atoms with van der Waals surface area (Å²) in [6.45, 7) is 6.64. The van der Waals surface area contributed by atoms with Crippen LogP contribution in [0.3, 0.4) is 0 Å². The van der Waals surface area contributed by atoms with Crippen molar-refractivity contribution >= 4 is 24.0 Å². The maximum Gasteiger partial charge on any atom is 0.294 e. The number of quaternary nitrogens is 1. The quantitative estimate of drug-likeness (QED) is 0.298. The number of nitrogens with two attached hydrogens (primary N) is 1. The predicted molar refractivity (Wildman–Crippen MR) is 120 cm³/mol. The number of benzene rings is 1. The molecule has 0 radical (unpaired) electrons. The first kappa shape index (κ1) is 22.8. The Kier molecular flexibility index (Phi) is 8.21. The average Bonchev–Trinajstić information content (AvgIpc) is 3.40. The number of anilines is 1. The SMILES string of the molecule is CCC[NH+](CCC)Cc1c(C(=O)NN=CC=Cc2ccccc2)nnn1-c1nonc1N. The van der Waals surface area contributed by atoms with Crippen LogP contribution in [0.25, 0.3) is 11.9 Å². The van der Waals surface area contributed by atoms with E-state index in [0.29, 0.717) is 12.2 Å². The minimum absolute atomic E-state index is 0.0692. The first-order chi connectivity index (χ1) is 15.6. The number of nitrogen functional groups attached to an aromatic ring is 1. The molecule has 168 valence electrons. The maximum atomic E-state index is 12.8. The highest BCUT2D eigenvalue weighted by molar-refractivity contribution is 5.94. The summed E-state index contributed by atoms with van der Waals surface area (Å²) in [7, 11) is 0. The highest BCUT2D eigenvalue weighted by atomic mass is 16.6. The second kappa shape index (κ2) is 11.5. The van der Waals surface area contributed by atoms with Crippen LogP contribution in [-0.2, 0) is 6.54 Å². The summed E-state index contributed by atoms with van der Waals surface area (Å²) < 4.78 is 6.11. The van der Waals surface area contributed by atoms with Gasteiger partial charge in [-0.3, -0.25) is 4.79 Å². The molecule has 0 saturated heterocycles. The molecule has 11 nitrogen and oxygen atoms in total. The number of hydrazone groups is 1. The van der Waals surface area contributed by atoms with Gasteiger partial charge in [0.2, 0.25) is 11.6 Å². The van der Waals surface area contributed by atoms with E-state index < -0.39 is 5.91 Å². The van der Waals surface area contributed by atoms with E-state index >= 15 is 0 Å². The monoisotopic (exact) mass is 438 g/mol. The fourth-order valence-corrected chi connectivity index (χ4v) is 3.30. The first-order valence-corrected chi connectivity index (χ1v) is 10.6. The van der Waals surface area contributed by atoms with Gasteiger partial charge in [-0.25, -0.2) is 10.1 Å². The van der Waals surface area contributed by atoms with E-state index in [1.54, 1.807) is 6.08 Å². The van der Waals surface area contributed by atoms with E-state index in [0.717, 1.165) is 31.5 Å². The van der Waals surface area contributed by atoms with Crippen LogP contribution in [0.1, 0.15) is 48.4 Å². The summed E-state index contributed by atoms with van der Waals surface area (Å²) in [5, 5.41) is 19.5. The van der Waals surface area contributed by atoms with E-state index in [1.807, 2.05) is 36.4 Å². The number of aromatic nitrogens is 5. The van der Waals surface area contributed by atoms with E-state index in [1.165, 1.54) is 15.8 Å². The zero-order chi connectivity index (χ0) is 22.8. The Labute approximate surface area is 185 Å². The molecule has 32 heavy (non-hydrogen) atoms. The molecule has 3 rings (SSSR count). The number of rotatable bonds is 11. The summed E-state index contributed by atoms with van der Waals surface area (Å²) in [4.78, 5) is 14.1. The van der Waals surface area contributed by atoms with Crippen molar-refractivity contribution in [3.63, 3.8) is 0 Å². The smallest absolute Gasteiger partial charge is 0.294 e. The first-order valence-electron chi connectivity index (χ1n) is 10.6. The fraction of sp³-hybridized carbons (Fsp3) is 0.333. The van der Waals surface area contributed by atoms with Gasteiger partial charge < -0.3 is 10.6 Å². The molecule has 2 heterocycles. The van der Waals surface area contributed by atoms with Gasteiger partial charge in [0.25, 0.3) is 5.91 Å². The number of hydrogen-bond donors (Lipinski definition) is 3. The Hall–Kier alpha value is -3.86. The van der Waals surface area contributed by atoms with E-state index in [4.69, 9.17) is 10.4 Å². The zero-order valence-corrected chi connectivity index (χ0v) is 18.2. The molecule has 1 amide bonds. The zero-order valence-electron chi connectivity index (χ0n) is 18.2. The van der Waals surface area contributed by atoms with Crippen molar-refractivity contribution in [1.82, 2.24) is 30.7 Å². The van der Waals surface area contributed by atoms with Gasteiger partial charge in [-0.1, -0.05) is 55.5 Å². The van der Waals surface area contributed by atoms with E-state index in [-0.39, 0.29) is 17.3 Å². The summed E-state index contributed by atoms with van der Waals surface area (Å²) in [6.07, 6.45) is 7.13. The standard InChI is InChI=1S/C21H27N9O2/c1-3-13-29(14-4-2)15-17-18(24-28-30(17)20-19(22)26-32-27-20)21(31)25-23-12-8-11-16-9-6-5-7-10-16/h5-12H,3-4,13-15H2,1-2H3,(H2,22,26)(H,25,31)/p+1. The van der Waals surface area contributed by atoms with Crippen LogP contribution >= 0.6 is 0 Å². The fourth-order valence-electron chi connectivity index (χ4n) is 3.30. The lowest BCUT2D eigenvalue weighted by Crippen LogP contribution is -3.10. The topological polar surface area (TPSA) is 142 Å². The van der Waals surface area contributed by atoms with Crippen LogP contribution in [0, 0.1) is 0 Å². The van der Waals surface area contributed by atoms with E-state index in [2.05, 4.69) is 45.0 Å². The number of carbonyl (C=O) groups is 1. The molecule has 1 aromatic carbocycles. The highest BCUT2D eigenvalue weighted by Crippen LogP contribution is 2.15. The molecular formula is C21H28N9O2+. The number of nitrogens with zero attached hydrogens (tertiary/aromatic N) is 6. The van der Waals surface area contributed by atoms with Gasteiger partial charge in [0, 0.05) is 6.21 Å². The van der Waals surface area contributed by atoms with Crippen LogP contribution in [0.15, 0.2) is 46.1 Å². The van der Waals surface area contributed by atoms with Crippen LogP contribution in [0.4, 0.5) is 5.82 Å². The molecule has 3 aromatic rings. The summed E-state index contributed by atoms with van der Waals surface area (Å²) in [6, 6.07) is 9.78. The van der Waals surface area contributed by atoms with Gasteiger partial charge in [-0.05, 0) is 34.8 Å². The molecule has 2 aromatic heterocycles. The van der Waals surface area contributed by atoms with Crippen molar-refractivity contribution in [2.45, 2.75) is 33.2 Å². The third-order valence-electron chi connectivity index (χ3n) is 4.71. The molecule has 4 N–H and O–H groups in total. The van der Waals surface area contributed by atoms with Crippen molar-refractivity contribution in [3.8, 4) is 5.82 Å². The molecule has 0 unspecified atom stereocenters. The summed E-state index contributed by atoms with van der Waals surface area (Å²) in [5.41, 5.74) is 10.1. The predicted octanol–water partition coefficient (Wildman–Crippen LogP) is 0.866. The van der Waals surface area contributed by atoms with Gasteiger partial charge in [-0.2, -0.15) is 9.78 Å². The molecule has 11 heteroatoms. The molecule has 0 aliphatic heterocycles. The van der Waals surface area contributed by atoms with Gasteiger partial charge >= 0.3 is 0 Å². The van der Waals surface area contributed by atoms with Crippen LogP contribution in [-0.4, -0.2) is 50.5 Å². The van der Waals surface area contributed by atoms with Crippen molar-refractivity contribution in [2.75, 3.05) is 18.8 Å². The number of hydrogen-bond acceptors (Lipinski definition) is 8. The number of nitrogens with one attached hydrogen (secondary N) is 2. The minimum atomic E-state index is -0.474. The molecule has 0 fully saturated rings. The third-order valence-corrected chi connectivity index (χ3v) is 4.71. The largest absolute Gasteiger partial charge is 0.378 e. The lowest BCUT2D eigenvalue weighted by atomic mass is 10.2. The normalized spacial score (nSPS) is 11.7. The Morgan fingerprint density at radius 2 is 1.97 bits per heavy atom. The molecule has 0 bridgehead atoms. The third kappa shape index (κ3) is 5.85. The molecule has 0 spiro atoms. The second-order valence-electron chi connectivity index (χ2n) is 7.19. The molecule has 0 aliphatic carbocycles. The number of allylic oxidation sites excluding steroid dienone is 1.